The number of nitrogens with zero attached hydrogens (tertiary/aromatic N) is 5. The van der Waals surface area contributed by atoms with Gasteiger partial charge in [0.1, 0.15) is 17.3 Å². The Morgan fingerprint density at radius 1 is 1.02 bits per heavy atom. The Labute approximate surface area is 249 Å². The van der Waals surface area contributed by atoms with E-state index in [4.69, 9.17) is 4.98 Å². The topological polar surface area (TPSA) is 71.3 Å². The van der Waals surface area contributed by atoms with Gasteiger partial charge in [-0.1, -0.05) is 75.0 Å². The molecule has 1 amide bonds. The van der Waals surface area contributed by atoms with E-state index in [1.165, 1.54) is 16.7 Å². The minimum atomic E-state index is -0.502. The lowest BCUT2D eigenvalue weighted by Gasteiger charge is -2.40. The second-order valence-corrected chi connectivity index (χ2v) is 11.5. The first-order valence-electron chi connectivity index (χ1n) is 14.6. The fourth-order valence-electron chi connectivity index (χ4n) is 6.12. The first kappa shape index (κ1) is 28.3. The molecule has 6 rings (SSSR count). The van der Waals surface area contributed by atoms with Crippen molar-refractivity contribution < 1.29 is 9.18 Å². The van der Waals surface area contributed by atoms with Crippen LogP contribution in [0.3, 0.4) is 0 Å². The van der Waals surface area contributed by atoms with E-state index in [1.54, 1.807) is 4.90 Å². The van der Waals surface area contributed by atoms with Gasteiger partial charge in [0.05, 0.1) is 11.1 Å². The zero-order valence-electron chi connectivity index (χ0n) is 24.8. The molecule has 1 aliphatic rings. The molecular weight excluding hydrogens is 541 g/mol. The number of benzene rings is 3. The van der Waals surface area contributed by atoms with E-state index in [2.05, 4.69) is 25.4 Å². The monoisotopic (exact) mass is 575 g/mol. The van der Waals surface area contributed by atoms with E-state index in [0.29, 0.717) is 47.7 Å². The molecule has 3 heterocycles. The van der Waals surface area contributed by atoms with Crippen LogP contribution in [0.1, 0.15) is 37.8 Å². The highest BCUT2D eigenvalue weighted by Crippen LogP contribution is 2.34. The summed E-state index contributed by atoms with van der Waals surface area (Å²) in [5.41, 5.74) is 3.22. The van der Waals surface area contributed by atoms with Crippen LogP contribution in [0.25, 0.3) is 38.8 Å². The van der Waals surface area contributed by atoms with E-state index in [9.17, 15) is 9.59 Å². The number of hydrogen-bond acceptors (Lipinski definition) is 5. The molecule has 218 valence electrons. The van der Waals surface area contributed by atoms with Gasteiger partial charge in [0, 0.05) is 31.2 Å². The number of rotatable bonds is 5. The SMILES string of the molecule is C=CC(=O)N1CCN(c2nc(=O)n(-c3c(C)cccc3C(C)C)c3nc(-c4ccc5ccccc5c4)c(F)cc23)[C@@H](C)C1. The molecule has 0 spiro atoms. The Morgan fingerprint density at radius 2 is 1.79 bits per heavy atom. The number of fused-ring (bicyclic) bond motifs is 2. The Balaban J connectivity index is 1.62. The highest BCUT2D eigenvalue weighted by molar-refractivity contribution is 5.92. The Kier molecular flexibility index (Phi) is 7.30. The molecule has 1 saturated heterocycles. The molecule has 0 bridgehead atoms. The molecule has 0 radical (unpaired) electrons. The zero-order valence-corrected chi connectivity index (χ0v) is 24.8. The molecule has 0 saturated carbocycles. The van der Waals surface area contributed by atoms with Crippen LogP contribution in [0, 0.1) is 12.7 Å². The molecular formula is C35H34FN5O2. The van der Waals surface area contributed by atoms with Crippen LogP contribution in [0.15, 0.2) is 84.2 Å². The molecule has 0 N–H and O–H groups in total. The van der Waals surface area contributed by atoms with Crippen molar-refractivity contribution in [3.63, 3.8) is 0 Å². The van der Waals surface area contributed by atoms with Gasteiger partial charge < -0.3 is 9.80 Å². The van der Waals surface area contributed by atoms with Gasteiger partial charge in [-0.15, -0.1) is 0 Å². The summed E-state index contributed by atoms with van der Waals surface area (Å²) in [5.74, 6) is -0.163. The summed E-state index contributed by atoms with van der Waals surface area (Å²) in [6.45, 7) is 13.0. The number of hydrogen-bond donors (Lipinski definition) is 0. The number of para-hydroxylation sites is 1. The molecule has 0 unspecified atom stereocenters. The first-order chi connectivity index (χ1) is 20.7. The lowest BCUT2D eigenvalue weighted by Crippen LogP contribution is -2.54. The largest absolute Gasteiger partial charge is 0.355 e. The third-order valence-electron chi connectivity index (χ3n) is 8.32. The van der Waals surface area contributed by atoms with Crippen molar-refractivity contribution in [2.24, 2.45) is 0 Å². The molecule has 1 fully saturated rings. The Morgan fingerprint density at radius 3 is 2.51 bits per heavy atom. The summed E-state index contributed by atoms with van der Waals surface area (Å²) in [6.07, 6.45) is 1.30. The second-order valence-electron chi connectivity index (χ2n) is 11.5. The minimum Gasteiger partial charge on any atom is -0.350 e. The van der Waals surface area contributed by atoms with Crippen molar-refractivity contribution in [3.8, 4) is 16.9 Å². The Bertz CT molecular complexity index is 1960. The molecule has 2 aromatic heterocycles. The van der Waals surface area contributed by atoms with Crippen LogP contribution >= 0.6 is 0 Å². The van der Waals surface area contributed by atoms with Gasteiger partial charge in [-0.25, -0.2) is 18.7 Å². The van der Waals surface area contributed by atoms with Crippen LogP contribution in [0.2, 0.25) is 0 Å². The molecule has 7 nitrogen and oxygen atoms in total. The fraction of sp³-hybridized carbons (Fsp3) is 0.257. The molecule has 43 heavy (non-hydrogen) atoms. The molecule has 3 aromatic carbocycles. The normalized spacial score (nSPS) is 15.4. The van der Waals surface area contributed by atoms with Crippen molar-refractivity contribution in [2.75, 3.05) is 24.5 Å². The van der Waals surface area contributed by atoms with E-state index in [0.717, 1.165) is 21.9 Å². The summed E-state index contributed by atoms with van der Waals surface area (Å²) in [4.78, 5) is 39.5. The summed E-state index contributed by atoms with van der Waals surface area (Å²) < 4.78 is 17.7. The van der Waals surface area contributed by atoms with E-state index in [1.807, 2.05) is 79.4 Å². The first-order valence-corrected chi connectivity index (χ1v) is 14.6. The summed E-state index contributed by atoms with van der Waals surface area (Å²) >= 11 is 0. The lowest BCUT2D eigenvalue weighted by atomic mass is 9.98. The summed E-state index contributed by atoms with van der Waals surface area (Å²) in [7, 11) is 0. The van der Waals surface area contributed by atoms with Gasteiger partial charge >= 0.3 is 5.69 Å². The number of carbonyl (C=O) groups is 1. The molecule has 1 aliphatic heterocycles. The summed E-state index contributed by atoms with van der Waals surface area (Å²) in [6, 6.07) is 20.8. The van der Waals surface area contributed by atoms with Crippen molar-refractivity contribution in [1.29, 1.82) is 0 Å². The van der Waals surface area contributed by atoms with E-state index < -0.39 is 11.5 Å². The van der Waals surface area contributed by atoms with Crippen molar-refractivity contribution in [1.82, 2.24) is 19.4 Å². The molecule has 0 aliphatic carbocycles. The number of aromatic nitrogens is 3. The van der Waals surface area contributed by atoms with Crippen LogP contribution in [-0.4, -0.2) is 51.0 Å². The van der Waals surface area contributed by atoms with Crippen LogP contribution in [-0.2, 0) is 4.79 Å². The van der Waals surface area contributed by atoms with E-state index in [-0.39, 0.29) is 23.6 Å². The molecule has 8 heteroatoms. The molecule has 1 atom stereocenters. The van der Waals surface area contributed by atoms with Crippen molar-refractivity contribution in [2.45, 2.75) is 39.7 Å². The van der Waals surface area contributed by atoms with Gasteiger partial charge in [0.2, 0.25) is 5.91 Å². The van der Waals surface area contributed by atoms with Crippen molar-refractivity contribution >= 4 is 33.5 Å². The number of carbonyl (C=O) groups excluding carboxylic acids is 1. The fourth-order valence-corrected chi connectivity index (χ4v) is 6.12. The zero-order chi connectivity index (χ0) is 30.4. The van der Waals surface area contributed by atoms with Gasteiger partial charge in [-0.3, -0.25) is 4.79 Å². The number of aryl methyl sites for hydroxylation is 1. The molecule has 5 aromatic rings. The predicted molar refractivity (Wildman–Crippen MR) is 170 cm³/mol. The standard InChI is InChI=1S/C35H34FN5O2/c1-6-30(42)39-16-17-40(23(5)20-39)33-28-19-29(36)31(26-15-14-24-11-7-8-12-25(24)18-26)37-34(28)41(35(43)38-33)32-22(4)10-9-13-27(32)21(2)3/h6-15,18-19,21,23H,1,16-17,20H2,2-5H3/t23-/m0/s1. The predicted octanol–water partition coefficient (Wildman–Crippen LogP) is 6.39. The Hall–Kier alpha value is -4.85. The van der Waals surface area contributed by atoms with Crippen LogP contribution in [0.4, 0.5) is 10.2 Å². The van der Waals surface area contributed by atoms with Gasteiger partial charge in [0.15, 0.2) is 5.65 Å². The van der Waals surface area contributed by atoms with Crippen molar-refractivity contribution in [3.05, 3.63) is 107 Å². The quantitative estimate of drug-likeness (QED) is 0.227. The lowest BCUT2D eigenvalue weighted by molar-refractivity contribution is -0.126. The van der Waals surface area contributed by atoms with Gasteiger partial charge in [-0.2, -0.15) is 4.98 Å². The maximum atomic E-state index is 16.1. The number of pyridine rings is 1. The van der Waals surface area contributed by atoms with Gasteiger partial charge in [0.25, 0.3) is 0 Å². The van der Waals surface area contributed by atoms with Crippen LogP contribution in [0.5, 0.6) is 0 Å². The third-order valence-corrected chi connectivity index (χ3v) is 8.32. The maximum absolute atomic E-state index is 16.1. The number of anilines is 1. The average Bonchev–Trinajstić information content (AvgIpc) is 3.00. The highest BCUT2D eigenvalue weighted by atomic mass is 19.1. The highest BCUT2D eigenvalue weighted by Gasteiger charge is 2.30. The van der Waals surface area contributed by atoms with E-state index >= 15 is 4.39 Å². The smallest absolute Gasteiger partial charge is 0.350 e. The summed E-state index contributed by atoms with van der Waals surface area (Å²) in [5, 5.41) is 2.45. The van der Waals surface area contributed by atoms with Crippen LogP contribution < -0.4 is 10.6 Å². The minimum absolute atomic E-state index is 0.118. The average molecular weight is 576 g/mol. The van der Waals surface area contributed by atoms with Gasteiger partial charge in [-0.05, 0) is 59.9 Å². The second kappa shape index (κ2) is 11.1. The maximum Gasteiger partial charge on any atom is 0.355 e. The number of halogens is 1. The number of piperazine rings is 1. The number of amides is 1. The third kappa shape index (κ3) is 4.96.